The van der Waals surface area contributed by atoms with E-state index >= 15 is 0 Å². The summed E-state index contributed by atoms with van der Waals surface area (Å²) in [5.74, 6) is 0.348. The molecule has 23 heavy (non-hydrogen) atoms. The van der Waals surface area contributed by atoms with E-state index in [0.717, 1.165) is 10.0 Å². The van der Waals surface area contributed by atoms with E-state index in [2.05, 4.69) is 21.0 Å². The van der Waals surface area contributed by atoms with Crippen molar-refractivity contribution in [3.8, 4) is 0 Å². The van der Waals surface area contributed by atoms with Crippen LogP contribution < -0.4 is 11.2 Å². The second kappa shape index (κ2) is 5.17. The van der Waals surface area contributed by atoms with Gasteiger partial charge in [0.2, 0.25) is 5.78 Å². The van der Waals surface area contributed by atoms with E-state index in [9.17, 15) is 9.59 Å². The minimum atomic E-state index is -0.251. The van der Waals surface area contributed by atoms with Crippen LogP contribution in [0, 0.1) is 0 Å². The van der Waals surface area contributed by atoms with Crippen LogP contribution in [-0.4, -0.2) is 18.7 Å². The van der Waals surface area contributed by atoms with Crippen molar-refractivity contribution in [2.45, 2.75) is 6.54 Å². The summed E-state index contributed by atoms with van der Waals surface area (Å²) in [7, 11) is 1.63. The number of aryl methyl sites for hydroxylation is 1. The lowest BCUT2D eigenvalue weighted by molar-refractivity contribution is 0.657. The van der Waals surface area contributed by atoms with Gasteiger partial charge in [-0.15, -0.1) is 16.4 Å². The number of thiophene rings is 1. The molecule has 0 aliphatic carbocycles. The van der Waals surface area contributed by atoms with Gasteiger partial charge in [-0.05, 0) is 29.1 Å². The first kappa shape index (κ1) is 14.4. The third-order valence-electron chi connectivity index (χ3n) is 3.73. The highest BCUT2D eigenvalue weighted by Crippen LogP contribution is 2.17. The topological polar surface area (TPSA) is 61.3 Å². The lowest BCUT2D eigenvalue weighted by Gasteiger charge is -2.00. The van der Waals surface area contributed by atoms with Crippen molar-refractivity contribution in [1.82, 2.24) is 18.7 Å². The van der Waals surface area contributed by atoms with Crippen molar-refractivity contribution in [2.24, 2.45) is 7.05 Å². The molecule has 3 aromatic heterocycles. The number of nitrogens with zero attached hydrogens (tertiary/aromatic N) is 4. The summed E-state index contributed by atoms with van der Waals surface area (Å²) in [6.45, 7) is 0.347. The standard InChI is InChI=1S/C15H11BrN4O2S/c1-18-13(21)12-11(5-6-23-12)20-14(18)17-19(15(20)22)8-9-3-2-4-10(16)7-9/h2-7H,8H2,1H3. The van der Waals surface area contributed by atoms with Crippen LogP contribution in [0.2, 0.25) is 0 Å². The summed E-state index contributed by atoms with van der Waals surface area (Å²) in [5, 5.41) is 6.16. The SMILES string of the molecule is Cn1c(=O)c2sccc2n2c(=O)n(Cc3cccc(Br)c3)nc12. The molecule has 6 nitrogen and oxygen atoms in total. The van der Waals surface area contributed by atoms with Gasteiger partial charge in [-0.1, -0.05) is 28.1 Å². The van der Waals surface area contributed by atoms with Crippen LogP contribution in [0.5, 0.6) is 0 Å². The fourth-order valence-corrected chi connectivity index (χ4v) is 3.91. The first-order chi connectivity index (χ1) is 11.1. The van der Waals surface area contributed by atoms with Crippen LogP contribution in [0.1, 0.15) is 5.56 Å². The van der Waals surface area contributed by atoms with Crippen LogP contribution in [0.3, 0.4) is 0 Å². The number of hydrogen-bond acceptors (Lipinski definition) is 4. The van der Waals surface area contributed by atoms with Crippen LogP contribution >= 0.6 is 27.3 Å². The maximum Gasteiger partial charge on any atom is 0.352 e. The van der Waals surface area contributed by atoms with Gasteiger partial charge in [0, 0.05) is 11.5 Å². The predicted molar refractivity (Wildman–Crippen MR) is 93.3 cm³/mol. The Balaban J connectivity index is 1.99. The van der Waals surface area contributed by atoms with Crippen LogP contribution in [0.15, 0.2) is 49.8 Å². The third kappa shape index (κ3) is 2.17. The summed E-state index contributed by atoms with van der Waals surface area (Å²) in [4.78, 5) is 25.1. The molecular weight excluding hydrogens is 380 g/mol. The number of fused-ring (bicyclic) bond motifs is 3. The van der Waals surface area contributed by atoms with Gasteiger partial charge in [0.1, 0.15) is 4.70 Å². The van der Waals surface area contributed by atoms with E-state index < -0.39 is 0 Å². The van der Waals surface area contributed by atoms with E-state index in [1.807, 2.05) is 29.6 Å². The van der Waals surface area contributed by atoms with Gasteiger partial charge in [-0.25, -0.2) is 13.9 Å². The molecule has 116 valence electrons. The van der Waals surface area contributed by atoms with E-state index in [-0.39, 0.29) is 11.2 Å². The normalized spacial score (nSPS) is 11.6. The van der Waals surface area contributed by atoms with E-state index in [4.69, 9.17) is 0 Å². The quantitative estimate of drug-likeness (QED) is 0.527. The fraction of sp³-hybridized carbons (Fsp3) is 0.133. The Morgan fingerprint density at radius 1 is 1.26 bits per heavy atom. The Morgan fingerprint density at radius 2 is 2.09 bits per heavy atom. The van der Waals surface area contributed by atoms with Gasteiger partial charge in [0.25, 0.3) is 5.56 Å². The molecule has 0 fully saturated rings. The summed E-state index contributed by atoms with van der Waals surface area (Å²) < 4.78 is 5.79. The van der Waals surface area contributed by atoms with Gasteiger partial charge in [-0.2, -0.15) is 0 Å². The monoisotopic (exact) mass is 390 g/mol. The second-order valence-corrected chi connectivity index (χ2v) is 7.04. The highest BCUT2D eigenvalue weighted by Gasteiger charge is 2.16. The highest BCUT2D eigenvalue weighted by molar-refractivity contribution is 9.10. The number of hydrogen-bond donors (Lipinski definition) is 0. The molecule has 0 saturated carbocycles. The molecule has 0 amide bonds. The zero-order valence-electron chi connectivity index (χ0n) is 12.1. The molecule has 3 heterocycles. The zero-order chi connectivity index (χ0) is 16.1. The molecule has 0 aliphatic heterocycles. The third-order valence-corrected chi connectivity index (χ3v) is 5.11. The molecule has 0 atom stereocenters. The van der Waals surface area contributed by atoms with Crippen molar-refractivity contribution in [3.05, 3.63) is 66.6 Å². The van der Waals surface area contributed by atoms with Gasteiger partial charge in [0.15, 0.2) is 0 Å². The van der Waals surface area contributed by atoms with Crippen molar-refractivity contribution >= 4 is 43.3 Å². The lowest BCUT2D eigenvalue weighted by atomic mass is 10.2. The average molecular weight is 391 g/mol. The first-order valence-electron chi connectivity index (χ1n) is 6.86. The molecule has 0 saturated heterocycles. The number of benzene rings is 1. The van der Waals surface area contributed by atoms with E-state index in [0.29, 0.717) is 22.5 Å². The Hall–Kier alpha value is -2.19. The van der Waals surface area contributed by atoms with Crippen molar-refractivity contribution in [1.29, 1.82) is 0 Å². The average Bonchev–Trinajstić information content (AvgIpc) is 3.11. The van der Waals surface area contributed by atoms with Crippen LogP contribution in [0.25, 0.3) is 16.0 Å². The molecule has 8 heteroatoms. The molecule has 4 aromatic rings. The molecule has 1 aromatic carbocycles. The maximum absolute atomic E-state index is 12.7. The lowest BCUT2D eigenvalue weighted by Crippen LogP contribution is -2.24. The maximum atomic E-state index is 12.7. The largest absolute Gasteiger partial charge is 0.352 e. The number of halogens is 1. The number of aromatic nitrogens is 4. The Bertz CT molecular complexity index is 1170. The summed E-state index contributed by atoms with van der Waals surface area (Å²) >= 11 is 4.75. The van der Waals surface area contributed by atoms with Crippen LogP contribution in [-0.2, 0) is 13.6 Å². The molecule has 0 aliphatic rings. The fourth-order valence-electron chi connectivity index (χ4n) is 2.62. The van der Waals surface area contributed by atoms with E-state index in [1.165, 1.54) is 25.0 Å². The molecule has 0 bridgehead atoms. The molecule has 0 N–H and O–H groups in total. The Morgan fingerprint density at radius 3 is 2.87 bits per heavy atom. The van der Waals surface area contributed by atoms with Crippen molar-refractivity contribution in [2.75, 3.05) is 0 Å². The van der Waals surface area contributed by atoms with Crippen molar-refractivity contribution < 1.29 is 0 Å². The van der Waals surface area contributed by atoms with Gasteiger partial charge in [-0.3, -0.25) is 9.36 Å². The van der Waals surface area contributed by atoms with Gasteiger partial charge >= 0.3 is 5.69 Å². The molecule has 4 rings (SSSR count). The first-order valence-corrected chi connectivity index (χ1v) is 8.54. The van der Waals surface area contributed by atoms with E-state index in [1.54, 1.807) is 13.1 Å². The molecular formula is C15H11BrN4O2S. The molecule has 0 spiro atoms. The van der Waals surface area contributed by atoms with Gasteiger partial charge in [0.05, 0.1) is 12.1 Å². The van der Waals surface area contributed by atoms with Crippen molar-refractivity contribution in [3.63, 3.8) is 0 Å². The summed E-state index contributed by atoms with van der Waals surface area (Å²) in [6, 6.07) is 9.48. The second-order valence-electron chi connectivity index (χ2n) is 5.20. The predicted octanol–water partition coefficient (Wildman–Crippen LogP) is 2.22. The molecule has 0 unspecified atom stereocenters. The molecule has 0 radical (unpaired) electrons. The Kier molecular flexibility index (Phi) is 3.24. The van der Waals surface area contributed by atoms with Crippen LogP contribution in [0.4, 0.5) is 0 Å². The smallest absolute Gasteiger partial charge is 0.279 e. The summed E-state index contributed by atoms with van der Waals surface area (Å²) in [5.41, 5.74) is 1.18. The zero-order valence-corrected chi connectivity index (χ0v) is 14.5. The minimum absolute atomic E-state index is 0.137. The minimum Gasteiger partial charge on any atom is -0.279 e. The Labute approximate surface area is 142 Å². The number of rotatable bonds is 2. The summed E-state index contributed by atoms with van der Waals surface area (Å²) in [6.07, 6.45) is 0. The van der Waals surface area contributed by atoms with Gasteiger partial charge < -0.3 is 0 Å². The highest BCUT2D eigenvalue weighted by atomic mass is 79.9.